The standard InChI is InChI=1S/C16H21NO4/c1-12-4-3-5-13(10-12)6-7-15(18)17-8-9-21-14(11-17)16(19)20-2/h3-5,10,14H,6-9,11H2,1-2H3. The Hall–Kier alpha value is -1.88. The molecular weight excluding hydrogens is 270 g/mol. The number of hydrogen-bond acceptors (Lipinski definition) is 4. The number of carbonyl (C=O) groups is 2. The number of carbonyl (C=O) groups excluding carboxylic acids is 2. The van der Waals surface area contributed by atoms with Gasteiger partial charge in [0.2, 0.25) is 5.91 Å². The lowest BCUT2D eigenvalue weighted by Gasteiger charge is -2.31. The number of amides is 1. The van der Waals surface area contributed by atoms with E-state index in [1.54, 1.807) is 4.90 Å². The Kier molecular flexibility index (Phi) is 5.33. The second-order valence-electron chi connectivity index (χ2n) is 5.21. The van der Waals surface area contributed by atoms with Crippen molar-refractivity contribution in [3.05, 3.63) is 35.4 Å². The molecule has 1 aliphatic rings. The minimum absolute atomic E-state index is 0.0497. The zero-order valence-corrected chi connectivity index (χ0v) is 12.5. The summed E-state index contributed by atoms with van der Waals surface area (Å²) in [5.41, 5.74) is 2.35. The zero-order valence-electron chi connectivity index (χ0n) is 12.5. The van der Waals surface area contributed by atoms with E-state index in [0.717, 1.165) is 5.56 Å². The van der Waals surface area contributed by atoms with Crippen LogP contribution in [-0.4, -0.2) is 49.7 Å². The predicted molar refractivity (Wildman–Crippen MR) is 77.8 cm³/mol. The van der Waals surface area contributed by atoms with E-state index in [1.807, 2.05) is 25.1 Å². The molecule has 0 bridgehead atoms. The average molecular weight is 291 g/mol. The van der Waals surface area contributed by atoms with Gasteiger partial charge in [0, 0.05) is 13.0 Å². The Morgan fingerprint density at radius 3 is 2.95 bits per heavy atom. The quantitative estimate of drug-likeness (QED) is 0.785. The lowest BCUT2D eigenvalue weighted by Crippen LogP contribution is -2.48. The molecule has 1 aromatic carbocycles. The monoisotopic (exact) mass is 291 g/mol. The molecule has 0 spiro atoms. The van der Waals surface area contributed by atoms with Gasteiger partial charge in [-0.3, -0.25) is 4.79 Å². The molecule has 5 nitrogen and oxygen atoms in total. The molecule has 0 aromatic heterocycles. The Morgan fingerprint density at radius 1 is 1.43 bits per heavy atom. The summed E-state index contributed by atoms with van der Waals surface area (Å²) in [6.45, 7) is 3.21. The van der Waals surface area contributed by atoms with E-state index in [1.165, 1.54) is 12.7 Å². The minimum atomic E-state index is -0.660. The van der Waals surface area contributed by atoms with Gasteiger partial charge in [-0.1, -0.05) is 29.8 Å². The van der Waals surface area contributed by atoms with Crippen LogP contribution in [0.15, 0.2) is 24.3 Å². The van der Waals surface area contributed by atoms with Crippen molar-refractivity contribution in [3.63, 3.8) is 0 Å². The van der Waals surface area contributed by atoms with Crippen molar-refractivity contribution < 1.29 is 19.1 Å². The average Bonchev–Trinajstić information content (AvgIpc) is 2.52. The number of esters is 1. The van der Waals surface area contributed by atoms with Crippen molar-refractivity contribution in [2.75, 3.05) is 26.8 Å². The number of hydrogen-bond donors (Lipinski definition) is 0. The van der Waals surface area contributed by atoms with Gasteiger partial charge in [0.15, 0.2) is 6.10 Å². The van der Waals surface area contributed by atoms with Crippen molar-refractivity contribution in [3.8, 4) is 0 Å². The Labute approximate surface area is 124 Å². The van der Waals surface area contributed by atoms with Gasteiger partial charge in [0.1, 0.15) is 0 Å². The second kappa shape index (κ2) is 7.22. The van der Waals surface area contributed by atoms with Crippen LogP contribution in [0.25, 0.3) is 0 Å². The van der Waals surface area contributed by atoms with E-state index in [-0.39, 0.29) is 12.5 Å². The van der Waals surface area contributed by atoms with Gasteiger partial charge in [-0.05, 0) is 18.9 Å². The van der Waals surface area contributed by atoms with E-state index >= 15 is 0 Å². The molecular formula is C16H21NO4. The van der Waals surface area contributed by atoms with E-state index in [4.69, 9.17) is 4.74 Å². The third-order valence-electron chi connectivity index (χ3n) is 3.59. The molecule has 1 amide bonds. The maximum Gasteiger partial charge on any atom is 0.336 e. The first kappa shape index (κ1) is 15.5. The molecule has 114 valence electrons. The molecule has 0 N–H and O–H groups in total. The van der Waals surface area contributed by atoms with Gasteiger partial charge in [0.05, 0.1) is 20.3 Å². The fraction of sp³-hybridized carbons (Fsp3) is 0.500. The van der Waals surface area contributed by atoms with Crippen LogP contribution < -0.4 is 0 Å². The summed E-state index contributed by atoms with van der Waals surface area (Å²) in [5, 5.41) is 0. The molecule has 1 aliphatic heterocycles. The number of benzene rings is 1. The first-order chi connectivity index (χ1) is 10.1. The summed E-state index contributed by atoms with van der Waals surface area (Å²) in [6.07, 6.45) is 0.490. The van der Waals surface area contributed by atoms with Crippen LogP contribution in [-0.2, 0) is 25.5 Å². The minimum Gasteiger partial charge on any atom is -0.467 e. The van der Waals surface area contributed by atoms with E-state index < -0.39 is 12.1 Å². The van der Waals surface area contributed by atoms with Crippen molar-refractivity contribution in [1.29, 1.82) is 0 Å². The summed E-state index contributed by atoms with van der Waals surface area (Å²) in [5.74, 6) is -0.375. The first-order valence-electron chi connectivity index (χ1n) is 7.13. The third kappa shape index (κ3) is 4.29. The van der Waals surface area contributed by atoms with Crippen LogP contribution in [0.5, 0.6) is 0 Å². The van der Waals surface area contributed by atoms with E-state index in [0.29, 0.717) is 26.0 Å². The maximum absolute atomic E-state index is 12.2. The molecule has 0 saturated carbocycles. The van der Waals surface area contributed by atoms with Crippen LogP contribution >= 0.6 is 0 Å². The third-order valence-corrected chi connectivity index (χ3v) is 3.59. The molecule has 21 heavy (non-hydrogen) atoms. The van der Waals surface area contributed by atoms with Crippen molar-refractivity contribution in [2.24, 2.45) is 0 Å². The molecule has 1 aromatic rings. The highest BCUT2D eigenvalue weighted by molar-refractivity contribution is 5.79. The highest BCUT2D eigenvalue weighted by Gasteiger charge is 2.29. The summed E-state index contributed by atoms with van der Waals surface area (Å²) in [6, 6.07) is 8.14. The fourth-order valence-electron chi connectivity index (χ4n) is 2.43. The lowest BCUT2D eigenvalue weighted by atomic mass is 10.1. The molecule has 0 radical (unpaired) electrons. The summed E-state index contributed by atoms with van der Waals surface area (Å²) < 4.78 is 9.98. The molecule has 1 saturated heterocycles. The Morgan fingerprint density at radius 2 is 2.24 bits per heavy atom. The molecule has 5 heteroatoms. The number of rotatable bonds is 4. The summed E-state index contributed by atoms with van der Waals surface area (Å²) in [7, 11) is 1.32. The SMILES string of the molecule is COC(=O)C1CN(C(=O)CCc2cccc(C)c2)CCO1. The van der Waals surface area contributed by atoms with Gasteiger partial charge in [-0.2, -0.15) is 0 Å². The number of morpholine rings is 1. The largest absolute Gasteiger partial charge is 0.467 e. The molecule has 1 atom stereocenters. The van der Waals surface area contributed by atoms with Crippen molar-refractivity contribution in [2.45, 2.75) is 25.9 Å². The van der Waals surface area contributed by atoms with Gasteiger partial charge >= 0.3 is 5.97 Å². The Bertz CT molecular complexity index is 515. The van der Waals surface area contributed by atoms with Crippen LogP contribution in [0.2, 0.25) is 0 Å². The van der Waals surface area contributed by atoms with Crippen LogP contribution in [0.4, 0.5) is 0 Å². The topological polar surface area (TPSA) is 55.8 Å². The number of ether oxygens (including phenoxy) is 2. The fourth-order valence-corrected chi connectivity index (χ4v) is 2.43. The highest BCUT2D eigenvalue weighted by atomic mass is 16.6. The van der Waals surface area contributed by atoms with Crippen molar-refractivity contribution in [1.82, 2.24) is 4.90 Å². The molecule has 1 unspecified atom stereocenters. The van der Waals surface area contributed by atoms with Gasteiger partial charge in [-0.15, -0.1) is 0 Å². The van der Waals surface area contributed by atoms with Gasteiger partial charge in [0.25, 0.3) is 0 Å². The molecule has 1 fully saturated rings. The Balaban J connectivity index is 1.86. The molecule has 0 aliphatic carbocycles. The molecule has 2 rings (SSSR count). The second-order valence-corrected chi connectivity index (χ2v) is 5.21. The lowest BCUT2D eigenvalue weighted by molar-refractivity contribution is -0.162. The van der Waals surface area contributed by atoms with Crippen LogP contribution in [0.3, 0.4) is 0 Å². The smallest absolute Gasteiger partial charge is 0.336 e. The van der Waals surface area contributed by atoms with Gasteiger partial charge in [-0.25, -0.2) is 4.79 Å². The summed E-state index contributed by atoms with van der Waals surface area (Å²) >= 11 is 0. The van der Waals surface area contributed by atoms with E-state index in [9.17, 15) is 9.59 Å². The highest BCUT2D eigenvalue weighted by Crippen LogP contribution is 2.11. The zero-order chi connectivity index (χ0) is 15.2. The summed E-state index contributed by atoms with van der Waals surface area (Å²) in [4.78, 5) is 25.4. The van der Waals surface area contributed by atoms with Crippen LogP contribution in [0.1, 0.15) is 17.5 Å². The normalized spacial score (nSPS) is 18.4. The van der Waals surface area contributed by atoms with Gasteiger partial charge < -0.3 is 14.4 Å². The number of methoxy groups -OCH3 is 1. The number of nitrogens with zero attached hydrogens (tertiary/aromatic N) is 1. The van der Waals surface area contributed by atoms with Crippen LogP contribution in [0, 0.1) is 6.92 Å². The van der Waals surface area contributed by atoms with Crippen molar-refractivity contribution >= 4 is 11.9 Å². The molecule has 1 heterocycles. The number of aryl methyl sites for hydroxylation is 2. The first-order valence-corrected chi connectivity index (χ1v) is 7.13. The van der Waals surface area contributed by atoms with E-state index in [2.05, 4.69) is 10.8 Å². The predicted octanol–water partition coefficient (Wildman–Crippen LogP) is 1.33. The maximum atomic E-state index is 12.2.